The molecule has 3 aromatic carbocycles. The van der Waals surface area contributed by atoms with Crippen LogP contribution in [-0.2, 0) is 26.2 Å². The van der Waals surface area contributed by atoms with Gasteiger partial charge in [-0.3, -0.25) is 13.9 Å². The topological polar surface area (TPSA) is 86.8 Å². The second-order valence-corrected chi connectivity index (χ2v) is 12.3. The fourth-order valence-corrected chi connectivity index (χ4v) is 6.55. The lowest BCUT2D eigenvalue weighted by Crippen LogP contribution is -2.52. The van der Waals surface area contributed by atoms with Crippen LogP contribution in [0.5, 0.6) is 0 Å². The molecule has 1 atom stereocenters. The van der Waals surface area contributed by atoms with Gasteiger partial charge in [0.05, 0.1) is 10.6 Å². The number of anilines is 1. The van der Waals surface area contributed by atoms with Crippen molar-refractivity contribution >= 4 is 27.5 Å². The Hall–Kier alpha value is -3.72. The number of sulfonamides is 1. The molecule has 9 heteroatoms. The SMILES string of the molecule is Cc1cc(C)cc(N(CC(=O)N(Cc2ccccc2F)[C@@H](C)C(=O)NC2CCCC2)S(=O)(=O)c2ccccc2)c1. The maximum atomic E-state index is 14.7. The van der Waals surface area contributed by atoms with Crippen LogP contribution in [-0.4, -0.2) is 43.8 Å². The van der Waals surface area contributed by atoms with Gasteiger partial charge in [-0.2, -0.15) is 0 Å². The summed E-state index contributed by atoms with van der Waals surface area (Å²) >= 11 is 0. The lowest BCUT2D eigenvalue weighted by molar-refractivity contribution is -0.139. The highest BCUT2D eigenvalue weighted by Crippen LogP contribution is 2.27. The summed E-state index contributed by atoms with van der Waals surface area (Å²) in [6.07, 6.45) is 3.80. The maximum absolute atomic E-state index is 14.7. The Bertz CT molecular complexity index is 1440. The molecule has 212 valence electrons. The Morgan fingerprint density at radius 3 is 2.17 bits per heavy atom. The van der Waals surface area contributed by atoms with E-state index in [2.05, 4.69) is 5.32 Å². The van der Waals surface area contributed by atoms with E-state index >= 15 is 0 Å². The molecule has 1 saturated carbocycles. The predicted molar refractivity (Wildman–Crippen MR) is 154 cm³/mol. The molecular weight excluding hydrogens is 529 g/mol. The third-order valence-corrected chi connectivity index (χ3v) is 9.06. The summed E-state index contributed by atoms with van der Waals surface area (Å²) in [5, 5.41) is 3.01. The van der Waals surface area contributed by atoms with Gasteiger partial charge >= 0.3 is 0 Å². The smallest absolute Gasteiger partial charge is 0.264 e. The molecule has 4 rings (SSSR count). The van der Waals surface area contributed by atoms with Crippen molar-refractivity contribution in [2.45, 2.75) is 70.0 Å². The zero-order valence-corrected chi connectivity index (χ0v) is 24.0. The van der Waals surface area contributed by atoms with Crippen LogP contribution in [0, 0.1) is 19.7 Å². The first kappa shape index (κ1) is 29.3. The number of nitrogens with one attached hydrogen (secondary N) is 1. The molecule has 0 bridgehead atoms. The molecule has 0 saturated heterocycles. The molecule has 0 aliphatic heterocycles. The van der Waals surface area contributed by atoms with Crippen LogP contribution in [0.15, 0.2) is 77.7 Å². The van der Waals surface area contributed by atoms with E-state index in [1.807, 2.05) is 19.9 Å². The highest BCUT2D eigenvalue weighted by Gasteiger charge is 2.33. The van der Waals surface area contributed by atoms with Gasteiger partial charge in [0.25, 0.3) is 10.0 Å². The Balaban J connectivity index is 1.71. The van der Waals surface area contributed by atoms with E-state index in [9.17, 15) is 22.4 Å². The lowest BCUT2D eigenvalue weighted by Gasteiger charge is -2.32. The number of halogens is 1. The van der Waals surface area contributed by atoms with Crippen molar-refractivity contribution in [1.82, 2.24) is 10.2 Å². The fourth-order valence-electron chi connectivity index (χ4n) is 5.13. The summed E-state index contributed by atoms with van der Waals surface area (Å²) in [5.41, 5.74) is 2.25. The van der Waals surface area contributed by atoms with Crippen LogP contribution in [0.3, 0.4) is 0 Å². The Morgan fingerprint density at radius 1 is 0.950 bits per heavy atom. The van der Waals surface area contributed by atoms with Crippen molar-refractivity contribution in [3.63, 3.8) is 0 Å². The monoisotopic (exact) mass is 565 g/mol. The molecule has 0 spiro atoms. The first-order valence-corrected chi connectivity index (χ1v) is 15.0. The van der Waals surface area contributed by atoms with Gasteiger partial charge in [0.15, 0.2) is 0 Å². The maximum Gasteiger partial charge on any atom is 0.264 e. The quantitative estimate of drug-likeness (QED) is 0.370. The number of amides is 2. The van der Waals surface area contributed by atoms with Gasteiger partial charge in [-0.15, -0.1) is 0 Å². The Kier molecular flexibility index (Phi) is 9.25. The van der Waals surface area contributed by atoms with E-state index in [1.54, 1.807) is 55.5 Å². The molecule has 0 heterocycles. The van der Waals surface area contributed by atoms with Crippen molar-refractivity contribution in [2.24, 2.45) is 0 Å². The molecule has 1 aliphatic carbocycles. The molecular formula is C31H36FN3O4S. The highest BCUT2D eigenvalue weighted by atomic mass is 32.2. The van der Waals surface area contributed by atoms with Gasteiger partial charge in [-0.1, -0.05) is 55.3 Å². The zero-order valence-electron chi connectivity index (χ0n) is 23.1. The number of carbonyl (C=O) groups excluding carboxylic acids is 2. The van der Waals surface area contributed by atoms with Crippen LogP contribution in [0.4, 0.5) is 10.1 Å². The first-order valence-electron chi connectivity index (χ1n) is 13.6. The van der Waals surface area contributed by atoms with Crippen LogP contribution in [0.2, 0.25) is 0 Å². The van der Waals surface area contributed by atoms with Crippen LogP contribution in [0.25, 0.3) is 0 Å². The summed E-state index contributed by atoms with van der Waals surface area (Å²) in [6, 6.07) is 18.4. The second kappa shape index (κ2) is 12.6. The van der Waals surface area contributed by atoms with E-state index in [-0.39, 0.29) is 29.0 Å². The number of carbonyl (C=O) groups is 2. The molecule has 3 aromatic rings. The minimum atomic E-state index is -4.15. The van der Waals surface area contributed by atoms with E-state index < -0.39 is 34.3 Å². The molecule has 1 N–H and O–H groups in total. The molecule has 1 fully saturated rings. The Morgan fingerprint density at radius 2 is 1.55 bits per heavy atom. The largest absolute Gasteiger partial charge is 0.352 e. The van der Waals surface area contributed by atoms with Crippen LogP contribution in [0.1, 0.15) is 49.3 Å². The summed E-state index contributed by atoms with van der Waals surface area (Å²) in [6.45, 7) is 4.55. The number of rotatable bonds is 10. The average Bonchev–Trinajstić information content (AvgIpc) is 3.43. The molecule has 1 aliphatic rings. The third kappa shape index (κ3) is 6.88. The first-order chi connectivity index (χ1) is 19.1. The summed E-state index contributed by atoms with van der Waals surface area (Å²) in [7, 11) is -4.15. The molecule has 0 aromatic heterocycles. The molecule has 2 amide bonds. The molecule has 40 heavy (non-hydrogen) atoms. The summed E-state index contributed by atoms with van der Waals surface area (Å²) in [4.78, 5) is 28.5. The minimum absolute atomic E-state index is 0.0330. The van der Waals surface area contributed by atoms with Crippen molar-refractivity contribution in [2.75, 3.05) is 10.8 Å². The Labute approximate surface area is 236 Å². The van der Waals surface area contributed by atoms with E-state index in [4.69, 9.17) is 0 Å². The van der Waals surface area contributed by atoms with Crippen LogP contribution < -0.4 is 9.62 Å². The van der Waals surface area contributed by atoms with Gasteiger partial charge in [0.1, 0.15) is 18.4 Å². The van der Waals surface area contributed by atoms with Gasteiger partial charge in [0, 0.05) is 18.2 Å². The standard InChI is InChI=1S/C31H36FN3O4S/c1-22-17-23(2)19-27(18-22)35(40(38,39)28-14-5-4-6-15-28)21-30(36)34(20-25-11-7-10-16-29(25)32)24(3)31(37)33-26-12-8-9-13-26/h4-7,10-11,14-19,24,26H,8-9,12-13,20-21H2,1-3H3,(H,33,37)/t24-/m0/s1. The lowest BCUT2D eigenvalue weighted by atomic mass is 10.1. The van der Waals surface area contributed by atoms with Gasteiger partial charge in [-0.05, 0) is 75.1 Å². The van der Waals surface area contributed by atoms with Crippen molar-refractivity contribution < 1.29 is 22.4 Å². The predicted octanol–water partition coefficient (Wildman–Crippen LogP) is 5.11. The van der Waals surface area contributed by atoms with Crippen molar-refractivity contribution in [1.29, 1.82) is 0 Å². The van der Waals surface area contributed by atoms with Crippen molar-refractivity contribution in [3.8, 4) is 0 Å². The van der Waals surface area contributed by atoms with Gasteiger partial charge in [-0.25, -0.2) is 12.8 Å². The molecule has 0 radical (unpaired) electrons. The number of hydrogen-bond acceptors (Lipinski definition) is 4. The zero-order chi connectivity index (χ0) is 28.9. The van der Waals surface area contributed by atoms with E-state index in [1.165, 1.54) is 23.1 Å². The summed E-state index contributed by atoms with van der Waals surface area (Å²) in [5.74, 6) is -1.47. The third-order valence-electron chi connectivity index (χ3n) is 7.27. The second-order valence-electron chi connectivity index (χ2n) is 10.4. The molecule has 0 unspecified atom stereocenters. The highest BCUT2D eigenvalue weighted by molar-refractivity contribution is 7.92. The fraction of sp³-hybridized carbons (Fsp3) is 0.355. The summed E-state index contributed by atoms with van der Waals surface area (Å²) < 4.78 is 43.5. The van der Waals surface area contributed by atoms with Gasteiger partial charge < -0.3 is 10.2 Å². The molecule has 7 nitrogen and oxygen atoms in total. The van der Waals surface area contributed by atoms with E-state index in [0.717, 1.165) is 41.1 Å². The average molecular weight is 566 g/mol. The number of hydrogen-bond donors (Lipinski definition) is 1. The van der Waals surface area contributed by atoms with Crippen LogP contribution >= 0.6 is 0 Å². The van der Waals surface area contributed by atoms with Crippen molar-refractivity contribution in [3.05, 3.63) is 95.3 Å². The number of benzene rings is 3. The number of nitrogens with zero attached hydrogens (tertiary/aromatic N) is 2. The minimum Gasteiger partial charge on any atom is -0.352 e. The number of aryl methyl sites for hydroxylation is 2. The van der Waals surface area contributed by atoms with Gasteiger partial charge in [0.2, 0.25) is 11.8 Å². The normalized spacial score (nSPS) is 14.5. The van der Waals surface area contributed by atoms with E-state index in [0.29, 0.717) is 5.69 Å².